The minimum absolute atomic E-state index is 0.0565. The van der Waals surface area contributed by atoms with Crippen LogP contribution < -0.4 is 9.80 Å². The molecule has 0 unspecified atom stereocenters. The van der Waals surface area contributed by atoms with Crippen molar-refractivity contribution in [2.24, 2.45) is 0 Å². The van der Waals surface area contributed by atoms with Crippen LogP contribution in [0.4, 0.5) is 16.3 Å². The molecule has 35 heavy (non-hydrogen) atoms. The Morgan fingerprint density at radius 3 is 2.60 bits per heavy atom. The Morgan fingerprint density at radius 1 is 1.17 bits per heavy atom. The third-order valence-electron chi connectivity index (χ3n) is 6.19. The number of piperazine rings is 1. The summed E-state index contributed by atoms with van der Waals surface area (Å²) in [6, 6.07) is 3.38. The number of hydrogen-bond donors (Lipinski definition) is 0. The lowest BCUT2D eigenvalue weighted by Gasteiger charge is -2.41. The van der Waals surface area contributed by atoms with E-state index in [2.05, 4.69) is 19.9 Å². The van der Waals surface area contributed by atoms with Crippen LogP contribution >= 0.6 is 11.6 Å². The van der Waals surface area contributed by atoms with Crippen molar-refractivity contribution < 1.29 is 14.3 Å². The van der Waals surface area contributed by atoms with Gasteiger partial charge in [0, 0.05) is 62.1 Å². The first kappa shape index (κ1) is 23.3. The molecular weight excluding hydrogens is 470 g/mol. The van der Waals surface area contributed by atoms with Gasteiger partial charge < -0.3 is 19.4 Å². The Hall–Kier alpha value is -3.40. The van der Waals surface area contributed by atoms with Gasteiger partial charge in [-0.2, -0.15) is 0 Å². The summed E-state index contributed by atoms with van der Waals surface area (Å²) in [5.41, 5.74) is 0.834. The van der Waals surface area contributed by atoms with Crippen LogP contribution in [-0.4, -0.2) is 74.2 Å². The quantitative estimate of drug-likeness (QED) is 0.509. The molecule has 0 N–H and O–H groups in total. The van der Waals surface area contributed by atoms with E-state index in [0.717, 1.165) is 16.9 Å². The molecule has 5 rings (SSSR count). The summed E-state index contributed by atoms with van der Waals surface area (Å²) in [6.07, 6.45) is 5.22. The van der Waals surface area contributed by atoms with Crippen LogP contribution in [0.25, 0.3) is 16.9 Å². The number of anilines is 2. The van der Waals surface area contributed by atoms with Gasteiger partial charge in [0.05, 0.1) is 11.1 Å². The summed E-state index contributed by atoms with van der Waals surface area (Å²) in [5, 5.41) is 1.33. The average Bonchev–Trinajstić information content (AvgIpc) is 3.16. The fourth-order valence-corrected chi connectivity index (χ4v) is 4.64. The summed E-state index contributed by atoms with van der Waals surface area (Å²) < 4.78 is 7.42. The largest absolute Gasteiger partial charge is 0.444 e. The number of fused-ring (bicyclic) bond motifs is 1. The molecule has 3 aromatic rings. The van der Waals surface area contributed by atoms with Crippen molar-refractivity contribution >= 4 is 46.1 Å². The van der Waals surface area contributed by atoms with E-state index in [1.165, 1.54) is 6.33 Å². The number of halogens is 1. The van der Waals surface area contributed by atoms with Gasteiger partial charge in [-0.25, -0.2) is 19.7 Å². The number of carbonyl (C=O) groups excluding carboxylic acids is 2. The van der Waals surface area contributed by atoms with Gasteiger partial charge in [-0.1, -0.05) is 11.6 Å². The monoisotopic (exact) mass is 497 g/mol. The summed E-state index contributed by atoms with van der Waals surface area (Å²) in [5.74, 6) is 1.39. The minimum atomic E-state index is -0.553. The van der Waals surface area contributed by atoms with E-state index in [0.29, 0.717) is 49.1 Å². The number of amides is 2. The second-order valence-electron chi connectivity index (χ2n) is 9.88. The molecule has 0 bridgehead atoms. The van der Waals surface area contributed by atoms with Gasteiger partial charge in [-0.05, 0) is 33.8 Å². The van der Waals surface area contributed by atoms with E-state index in [1.54, 1.807) is 28.1 Å². The highest BCUT2D eigenvalue weighted by Gasteiger charge is 2.35. The zero-order valence-corrected chi connectivity index (χ0v) is 21.0. The molecule has 3 aromatic heterocycles. The van der Waals surface area contributed by atoms with Gasteiger partial charge in [0.15, 0.2) is 5.65 Å². The number of rotatable bonds is 3. The highest BCUT2D eigenvalue weighted by molar-refractivity contribution is 6.30. The third-order valence-corrected chi connectivity index (χ3v) is 6.43. The number of aromatic nitrogens is 4. The molecule has 2 saturated heterocycles. The molecule has 0 aromatic carbocycles. The molecule has 11 heteroatoms. The Bertz CT molecular complexity index is 1300. The van der Waals surface area contributed by atoms with Crippen LogP contribution in [0, 0.1) is 0 Å². The molecule has 2 fully saturated rings. The molecule has 2 aliphatic heterocycles. The predicted molar refractivity (Wildman–Crippen MR) is 133 cm³/mol. The summed E-state index contributed by atoms with van der Waals surface area (Å²) >= 11 is 6.22. The highest BCUT2D eigenvalue weighted by atomic mass is 35.5. The molecule has 10 nitrogen and oxygen atoms in total. The Morgan fingerprint density at radius 2 is 1.97 bits per heavy atom. The summed E-state index contributed by atoms with van der Waals surface area (Å²) in [6.45, 7) is 9.86. The normalized spacial score (nSPS) is 18.7. The van der Waals surface area contributed by atoms with Gasteiger partial charge in [-0.15, -0.1) is 0 Å². The molecule has 0 saturated carbocycles. The van der Waals surface area contributed by atoms with E-state index in [4.69, 9.17) is 16.3 Å². The van der Waals surface area contributed by atoms with Crippen molar-refractivity contribution in [3.63, 3.8) is 0 Å². The number of pyridine rings is 1. The van der Waals surface area contributed by atoms with E-state index in [9.17, 15) is 9.59 Å². The highest BCUT2D eigenvalue weighted by Crippen LogP contribution is 2.38. The standard InChI is InChI=1S/C24H28ClN7O3/c1-15-12-29(9-10-30(15)23(34)35-24(2,3)4)21-20-17(31-8-6-19(31)33)13-32(22(20)28-14-27-21)18-11-16(25)5-7-26-18/h5,7,11,13-15H,6,8-10,12H2,1-4H3/t15-/m1/s1. The van der Waals surface area contributed by atoms with Crippen LogP contribution in [0.5, 0.6) is 0 Å². The third kappa shape index (κ3) is 4.38. The second-order valence-corrected chi connectivity index (χ2v) is 10.3. The Balaban J connectivity index is 1.53. The first-order chi connectivity index (χ1) is 16.6. The maximum Gasteiger partial charge on any atom is 0.410 e. The van der Waals surface area contributed by atoms with E-state index < -0.39 is 5.60 Å². The van der Waals surface area contributed by atoms with Gasteiger partial charge in [-0.3, -0.25) is 9.36 Å². The molecule has 1 atom stereocenters. The zero-order valence-electron chi connectivity index (χ0n) is 20.2. The molecule has 0 aliphatic carbocycles. The Labute approximate surface area is 208 Å². The van der Waals surface area contributed by atoms with Crippen molar-refractivity contribution in [3.05, 3.63) is 35.9 Å². The lowest BCUT2D eigenvalue weighted by Crippen LogP contribution is -2.55. The van der Waals surface area contributed by atoms with Crippen LogP contribution in [0.1, 0.15) is 34.1 Å². The number of ether oxygens (including phenoxy) is 1. The first-order valence-electron chi connectivity index (χ1n) is 11.7. The predicted octanol–water partition coefficient (Wildman–Crippen LogP) is 3.65. The topological polar surface area (TPSA) is 96.7 Å². The maximum atomic E-state index is 12.7. The lowest BCUT2D eigenvalue weighted by atomic mass is 10.1. The number of hydrogen-bond acceptors (Lipinski definition) is 7. The number of β-lactam (4-membered cyclic amide) rings is 1. The molecule has 5 heterocycles. The molecule has 2 amide bonds. The van der Waals surface area contributed by atoms with Gasteiger partial charge in [0.25, 0.3) is 0 Å². The summed E-state index contributed by atoms with van der Waals surface area (Å²) in [7, 11) is 0. The number of carbonyl (C=O) groups is 2. The SMILES string of the molecule is C[C@@H]1CN(c2ncnc3c2c(N2CCC2=O)cn3-c2cc(Cl)ccn2)CCN1C(=O)OC(C)(C)C. The van der Waals surface area contributed by atoms with Crippen molar-refractivity contribution in [2.75, 3.05) is 36.0 Å². The fraction of sp³-hybridized carbons (Fsp3) is 0.458. The first-order valence-corrected chi connectivity index (χ1v) is 12.0. The Kier molecular flexibility index (Phi) is 5.79. The molecular formula is C24H28ClN7O3. The van der Waals surface area contributed by atoms with E-state index >= 15 is 0 Å². The zero-order chi connectivity index (χ0) is 24.9. The second kappa shape index (κ2) is 8.67. The van der Waals surface area contributed by atoms with Crippen molar-refractivity contribution in [3.8, 4) is 5.82 Å². The maximum absolute atomic E-state index is 12.7. The fourth-order valence-electron chi connectivity index (χ4n) is 4.48. The smallest absolute Gasteiger partial charge is 0.410 e. The molecule has 0 radical (unpaired) electrons. The van der Waals surface area contributed by atoms with Crippen LogP contribution in [0.15, 0.2) is 30.9 Å². The van der Waals surface area contributed by atoms with Crippen molar-refractivity contribution in [1.29, 1.82) is 0 Å². The van der Waals surface area contributed by atoms with Crippen molar-refractivity contribution in [1.82, 2.24) is 24.4 Å². The van der Waals surface area contributed by atoms with Crippen LogP contribution in [0.3, 0.4) is 0 Å². The average molecular weight is 498 g/mol. The molecule has 2 aliphatic rings. The van der Waals surface area contributed by atoms with Crippen LogP contribution in [-0.2, 0) is 9.53 Å². The summed E-state index contributed by atoms with van der Waals surface area (Å²) in [4.78, 5) is 44.4. The molecule has 0 spiro atoms. The van der Waals surface area contributed by atoms with Gasteiger partial charge in [0.1, 0.15) is 23.6 Å². The van der Waals surface area contributed by atoms with Crippen LogP contribution in [0.2, 0.25) is 5.02 Å². The molecule has 184 valence electrons. The van der Waals surface area contributed by atoms with E-state index in [-0.39, 0.29) is 18.0 Å². The van der Waals surface area contributed by atoms with Gasteiger partial charge >= 0.3 is 6.09 Å². The van der Waals surface area contributed by atoms with Gasteiger partial charge in [0.2, 0.25) is 5.91 Å². The van der Waals surface area contributed by atoms with Crippen molar-refractivity contribution in [2.45, 2.75) is 45.8 Å². The number of nitrogens with zero attached hydrogens (tertiary/aromatic N) is 7. The van der Waals surface area contributed by atoms with E-state index in [1.807, 2.05) is 38.5 Å². The lowest BCUT2D eigenvalue weighted by molar-refractivity contribution is -0.122. The minimum Gasteiger partial charge on any atom is -0.444 e.